The smallest absolute Gasteiger partial charge is 0.290 e. The van der Waals surface area contributed by atoms with Gasteiger partial charge in [0.2, 0.25) is 5.82 Å². The summed E-state index contributed by atoms with van der Waals surface area (Å²) in [4.78, 5) is 19.7. The van der Waals surface area contributed by atoms with Gasteiger partial charge in [-0.3, -0.25) is 14.8 Å². The van der Waals surface area contributed by atoms with Gasteiger partial charge in [0.25, 0.3) is 5.91 Å². The number of carbonyl (C=O) groups excluding carboxylic acids is 1. The van der Waals surface area contributed by atoms with Gasteiger partial charge in [0.1, 0.15) is 6.33 Å². The van der Waals surface area contributed by atoms with E-state index in [0.717, 1.165) is 32.7 Å². The first-order chi connectivity index (χ1) is 8.27. The number of nitrogens with zero attached hydrogens (tertiary/aromatic N) is 4. The van der Waals surface area contributed by atoms with Crippen molar-refractivity contribution in [2.24, 2.45) is 0 Å². The molecule has 0 radical (unpaired) electrons. The van der Waals surface area contributed by atoms with Crippen molar-refractivity contribution >= 4 is 5.91 Å². The van der Waals surface area contributed by atoms with E-state index in [9.17, 15) is 4.79 Å². The summed E-state index contributed by atoms with van der Waals surface area (Å²) in [6.07, 6.45) is 1.34. The number of hydrogen-bond donors (Lipinski definition) is 2. The SMILES string of the molecule is CN(CCN1CCNCC1)C(=O)c1ncn[nH]1. The Hall–Kier alpha value is -1.47. The fraction of sp³-hybridized carbons (Fsp3) is 0.700. The predicted octanol–water partition coefficient (Wildman–Crippen LogP) is -1.22. The maximum atomic E-state index is 11.8. The molecule has 17 heavy (non-hydrogen) atoms. The van der Waals surface area contributed by atoms with Gasteiger partial charge in [-0.15, -0.1) is 0 Å². The molecular weight excluding hydrogens is 220 g/mol. The molecule has 1 aliphatic heterocycles. The predicted molar refractivity (Wildman–Crippen MR) is 62.7 cm³/mol. The Labute approximate surface area is 100 Å². The molecule has 0 spiro atoms. The van der Waals surface area contributed by atoms with E-state index in [-0.39, 0.29) is 5.91 Å². The van der Waals surface area contributed by atoms with Crippen molar-refractivity contribution in [3.8, 4) is 0 Å². The lowest BCUT2D eigenvalue weighted by atomic mass is 10.3. The lowest BCUT2D eigenvalue weighted by Gasteiger charge is -2.28. The van der Waals surface area contributed by atoms with Crippen molar-refractivity contribution in [3.63, 3.8) is 0 Å². The number of carbonyl (C=O) groups is 1. The fourth-order valence-electron chi connectivity index (χ4n) is 1.82. The first-order valence-electron chi connectivity index (χ1n) is 5.81. The van der Waals surface area contributed by atoms with Crippen molar-refractivity contribution < 1.29 is 4.79 Å². The van der Waals surface area contributed by atoms with Crippen molar-refractivity contribution in [1.29, 1.82) is 0 Å². The third-order valence-electron chi connectivity index (χ3n) is 2.93. The van der Waals surface area contributed by atoms with Crippen LogP contribution in [0.3, 0.4) is 0 Å². The van der Waals surface area contributed by atoms with E-state index in [1.807, 2.05) is 0 Å². The Morgan fingerprint density at radius 2 is 2.29 bits per heavy atom. The molecule has 1 fully saturated rings. The van der Waals surface area contributed by atoms with Gasteiger partial charge in [-0.25, -0.2) is 4.98 Å². The van der Waals surface area contributed by atoms with Crippen molar-refractivity contribution in [1.82, 2.24) is 30.3 Å². The number of aromatic amines is 1. The van der Waals surface area contributed by atoms with E-state index in [2.05, 4.69) is 25.4 Å². The van der Waals surface area contributed by atoms with Gasteiger partial charge < -0.3 is 10.2 Å². The zero-order chi connectivity index (χ0) is 12.1. The monoisotopic (exact) mass is 238 g/mol. The molecule has 1 aromatic rings. The maximum absolute atomic E-state index is 11.8. The Balaban J connectivity index is 1.76. The largest absolute Gasteiger partial charge is 0.338 e. The van der Waals surface area contributed by atoms with Gasteiger partial charge in [0, 0.05) is 46.3 Å². The van der Waals surface area contributed by atoms with Crippen LogP contribution in [0.15, 0.2) is 6.33 Å². The van der Waals surface area contributed by atoms with Crippen LogP contribution in [0.1, 0.15) is 10.6 Å². The zero-order valence-electron chi connectivity index (χ0n) is 10.0. The molecule has 1 aliphatic rings. The second kappa shape index (κ2) is 5.74. The summed E-state index contributed by atoms with van der Waals surface area (Å²) in [5, 5.41) is 9.56. The standard InChI is InChI=1S/C10H18N6O/c1-15(10(17)9-12-8-13-14-9)6-7-16-4-2-11-3-5-16/h8,11H,2-7H2,1H3,(H,12,13,14). The molecular formula is C10H18N6O. The summed E-state index contributed by atoms with van der Waals surface area (Å²) in [5.74, 6) is 0.186. The zero-order valence-corrected chi connectivity index (χ0v) is 10.0. The molecule has 1 saturated heterocycles. The molecule has 0 atom stereocenters. The summed E-state index contributed by atoms with van der Waals surface area (Å²) in [7, 11) is 1.78. The Morgan fingerprint density at radius 3 is 2.94 bits per heavy atom. The number of hydrogen-bond acceptors (Lipinski definition) is 5. The third-order valence-corrected chi connectivity index (χ3v) is 2.93. The van der Waals surface area contributed by atoms with Crippen LogP contribution in [-0.4, -0.2) is 77.2 Å². The molecule has 0 aromatic carbocycles. The first-order valence-corrected chi connectivity index (χ1v) is 5.81. The van der Waals surface area contributed by atoms with Gasteiger partial charge in [0.05, 0.1) is 0 Å². The van der Waals surface area contributed by atoms with E-state index < -0.39 is 0 Å². The molecule has 7 nitrogen and oxygen atoms in total. The van der Waals surface area contributed by atoms with E-state index in [0.29, 0.717) is 12.4 Å². The van der Waals surface area contributed by atoms with Crippen LogP contribution >= 0.6 is 0 Å². The van der Waals surface area contributed by atoms with Crippen molar-refractivity contribution in [3.05, 3.63) is 12.2 Å². The third kappa shape index (κ3) is 3.24. The topological polar surface area (TPSA) is 77.2 Å². The molecule has 0 saturated carbocycles. The average Bonchev–Trinajstić information content (AvgIpc) is 2.90. The van der Waals surface area contributed by atoms with E-state index in [1.165, 1.54) is 6.33 Å². The quantitative estimate of drug-likeness (QED) is 0.687. The average molecular weight is 238 g/mol. The Kier molecular flexibility index (Phi) is 4.05. The minimum Gasteiger partial charge on any atom is -0.338 e. The molecule has 2 rings (SSSR count). The molecule has 1 aromatic heterocycles. The molecule has 1 amide bonds. The maximum Gasteiger partial charge on any atom is 0.290 e. The van der Waals surface area contributed by atoms with Crippen LogP contribution in [0, 0.1) is 0 Å². The number of aromatic nitrogens is 3. The van der Waals surface area contributed by atoms with Gasteiger partial charge in [-0.2, -0.15) is 5.10 Å². The fourth-order valence-corrected chi connectivity index (χ4v) is 1.82. The van der Waals surface area contributed by atoms with E-state index in [4.69, 9.17) is 0 Å². The van der Waals surface area contributed by atoms with Crippen LogP contribution < -0.4 is 5.32 Å². The van der Waals surface area contributed by atoms with Crippen LogP contribution in [0.5, 0.6) is 0 Å². The molecule has 7 heteroatoms. The summed E-state index contributed by atoms with van der Waals surface area (Å²) in [6, 6.07) is 0. The van der Waals surface area contributed by atoms with Crippen LogP contribution in [0.4, 0.5) is 0 Å². The Morgan fingerprint density at radius 1 is 1.53 bits per heavy atom. The molecule has 0 unspecified atom stereocenters. The van der Waals surface area contributed by atoms with Crippen LogP contribution in [-0.2, 0) is 0 Å². The number of H-pyrrole nitrogens is 1. The van der Waals surface area contributed by atoms with Gasteiger partial charge >= 0.3 is 0 Å². The minimum absolute atomic E-state index is 0.113. The molecule has 0 aliphatic carbocycles. The highest BCUT2D eigenvalue weighted by molar-refractivity contribution is 5.90. The molecule has 2 heterocycles. The highest BCUT2D eigenvalue weighted by atomic mass is 16.2. The van der Waals surface area contributed by atoms with Gasteiger partial charge in [-0.1, -0.05) is 0 Å². The summed E-state index contributed by atoms with van der Waals surface area (Å²) >= 11 is 0. The molecule has 2 N–H and O–H groups in total. The van der Waals surface area contributed by atoms with E-state index in [1.54, 1.807) is 11.9 Å². The summed E-state index contributed by atoms with van der Waals surface area (Å²) < 4.78 is 0. The highest BCUT2D eigenvalue weighted by Gasteiger charge is 2.16. The van der Waals surface area contributed by atoms with Gasteiger partial charge in [-0.05, 0) is 0 Å². The number of amides is 1. The number of likely N-dealkylation sites (N-methyl/N-ethyl adjacent to an activating group) is 1. The molecule has 94 valence electrons. The first kappa shape index (κ1) is 12.0. The van der Waals surface area contributed by atoms with Gasteiger partial charge in [0.15, 0.2) is 0 Å². The lowest BCUT2D eigenvalue weighted by molar-refractivity contribution is 0.0763. The Bertz CT molecular complexity index is 346. The second-order valence-corrected chi connectivity index (χ2v) is 4.15. The lowest BCUT2D eigenvalue weighted by Crippen LogP contribution is -2.46. The van der Waals surface area contributed by atoms with Crippen molar-refractivity contribution in [2.45, 2.75) is 0 Å². The van der Waals surface area contributed by atoms with Crippen LogP contribution in [0.25, 0.3) is 0 Å². The number of nitrogens with one attached hydrogen (secondary N) is 2. The summed E-state index contributed by atoms with van der Waals surface area (Å²) in [5.41, 5.74) is 0. The molecule has 0 bridgehead atoms. The minimum atomic E-state index is -0.113. The van der Waals surface area contributed by atoms with Crippen molar-refractivity contribution in [2.75, 3.05) is 46.3 Å². The van der Waals surface area contributed by atoms with Crippen LogP contribution in [0.2, 0.25) is 0 Å². The highest BCUT2D eigenvalue weighted by Crippen LogP contribution is 1.97. The number of piperazine rings is 1. The second-order valence-electron chi connectivity index (χ2n) is 4.15. The number of rotatable bonds is 4. The van der Waals surface area contributed by atoms with E-state index >= 15 is 0 Å². The normalized spacial score (nSPS) is 17.0. The summed E-state index contributed by atoms with van der Waals surface area (Å²) in [6.45, 7) is 5.76.